The van der Waals surface area contributed by atoms with Crippen molar-refractivity contribution in [1.82, 2.24) is 9.80 Å². The molecule has 1 atom stereocenters. The van der Waals surface area contributed by atoms with Crippen molar-refractivity contribution < 1.29 is 4.79 Å². The molecule has 2 aliphatic rings. The molecule has 0 aromatic rings. The Morgan fingerprint density at radius 2 is 2.10 bits per heavy atom. The van der Waals surface area contributed by atoms with Gasteiger partial charge in [0, 0.05) is 19.6 Å². The molecule has 1 saturated carbocycles. The van der Waals surface area contributed by atoms with E-state index in [-0.39, 0.29) is 11.9 Å². The van der Waals surface area contributed by atoms with E-state index in [4.69, 9.17) is 5.73 Å². The summed E-state index contributed by atoms with van der Waals surface area (Å²) in [6.45, 7) is 2.12. The molecule has 2 rings (SSSR count). The molecular weight excluding hydrogens is 252 g/mol. The second-order valence-electron chi connectivity index (χ2n) is 6.29. The van der Waals surface area contributed by atoms with Crippen molar-refractivity contribution in [2.75, 3.05) is 26.7 Å². The van der Waals surface area contributed by atoms with Gasteiger partial charge < -0.3 is 10.6 Å². The van der Waals surface area contributed by atoms with Crippen molar-refractivity contribution in [1.29, 1.82) is 5.26 Å². The number of rotatable bonds is 3. The molecule has 0 aromatic heterocycles. The molecule has 5 nitrogen and oxygen atoms in total. The maximum Gasteiger partial charge on any atom is 0.237 e. The first-order valence-corrected chi connectivity index (χ1v) is 7.73. The van der Waals surface area contributed by atoms with Crippen LogP contribution in [0.2, 0.25) is 0 Å². The highest BCUT2D eigenvalue weighted by Crippen LogP contribution is 2.32. The lowest BCUT2D eigenvalue weighted by molar-refractivity contribution is -0.136. The van der Waals surface area contributed by atoms with Gasteiger partial charge in [-0.25, -0.2) is 0 Å². The summed E-state index contributed by atoms with van der Waals surface area (Å²) in [5.74, 6) is 0.0579. The number of amides is 1. The summed E-state index contributed by atoms with van der Waals surface area (Å²) in [6, 6.07) is 2.59. The lowest BCUT2D eigenvalue weighted by Gasteiger charge is -2.40. The minimum absolute atomic E-state index is 0.0579. The molecule has 0 radical (unpaired) electrons. The van der Waals surface area contributed by atoms with Crippen LogP contribution in [0.5, 0.6) is 0 Å². The van der Waals surface area contributed by atoms with Crippen molar-refractivity contribution >= 4 is 5.91 Å². The van der Waals surface area contributed by atoms with Crippen molar-refractivity contribution in [3.8, 4) is 6.07 Å². The fourth-order valence-corrected chi connectivity index (χ4v) is 3.43. The van der Waals surface area contributed by atoms with Crippen LogP contribution in [0.4, 0.5) is 0 Å². The molecule has 1 heterocycles. The number of nitrogens with zero attached hydrogens (tertiary/aromatic N) is 3. The molecule has 0 aromatic carbocycles. The predicted octanol–water partition coefficient (Wildman–Crippen LogP) is 1.09. The van der Waals surface area contributed by atoms with Crippen LogP contribution in [0.1, 0.15) is 44.9 Å². The molecule has 2 N–H and O–H groups in total. The molecule has 1 aliphatic carbocycles. The average molecular weight is 278 g/mol. The molecule has 5 heteroatoms. The molecule has 1 aliphatic heterocycles. The van der Waals surface area contributed by atoms with Crippen LogP contribution in [0, 0.1) is 11.3 Å². The van der Waals surface area contributed by atoms with Gasteiger partial charge in [0.2, 0.25) is 5.91 Å². The zero-order valence-corrected chi connectivity index (χ0v) is 12.5. The second kappa shape index (κ2) is 6.55. The van der Waals surface area contributed by atoms with Gasteiger partial charge in [-0.2, -0.15) is 5.26 Å². The first-order chi connectivity index (χ1) is 9.57. The van der Waals surface area contributed by atoms with Crippen LogP contribution in [-0.4, -0.2) is 54.0 Å². The molecule has 0 unspecified atom stereocenters. The third-order valence-corrected chi connectivity index (χ3v) is 4.81. The Kier molecular flexibility index (Phi) is 5.00. The van der Waals surface area contributed by atoms with E-state index in [9.17, 15) is 10.1 Å². The summed E-state index contributed by atoms with van der Waals surface area (Å²) >= 11 is 0. The molecule has 2 fully saturated rings. The average Bonchev–Trinajstić information content (AvgIpc) is 2.47. The fourth-order valence-electron chi connectivity index (χ4n) is 3.43. The number of piperidine rings is 1. The van der Waals surface area contributed by atoms with E-state index in [1.165, 1.54) is 6.42 Å². The van der Waals surface area contributed by atoms with Gasteiger partial charge in [0.05, 0.1) is 12.6 Å². The van der Waals surface area contributed by atoms with E-state index in [1.807, 2.05) is 0 Å². The van der Waals surface area contributed by atoms with E-state index in [2.05, 4.69) is 11.0 Å². The smallest absolute Gasteiger partial charge is 0.237 e. The van der Waals surface area contributed by atoms with E-state index >= 15 is 0 Å². The van der Waals surface area contributed by atoms with Gasteiger partial charge in [0.25, 0.3) is 0 Å². The maximum absolute atomic E-state index is 12.5. The number of nitrogens with two attached hydrogens (primary N) is 1. The highest BCUT2D eigenvalue weighted by atomic mass is 16.2. The van der Waals surface area contributed by atoms with Gasteiger partial charge in [-0.3, -0.25) is 9.69 Å². The number of likely N-dealkylation sites (tertiary alicyclic amines) is 1. The van der Waals surface area contributed by atoms with E-state index in [0.717, 1.165) is 51.6 Å². The van der Waals surface area contributed by atoms with E-state index in [1.54, 1.807) is 11.9 Å². The number of hydrogen-bond donors (Lipinski definition) is 1. The van der Waals surface area contributed by atoms with Crippen molar-refractivity contribution in [3.05, 3.63) is 0 Å². The van der Waals surface area contributed by atoms with Crippen LogP contribution in [0.3, 0.4) is 0 Å². The topological polar surface area (TPSA) is 73.4 Å². The van der Waals surface area contributed by atoms with Crippen LogP contribution in [-0.2, 0) is 4.79 Å². The minimum Gasteiger partial charge on any atom is -0.327 e. The number of hydrogen-bond acceptors (Lipinski definition) is 4. The van der Waals surface area contributed by atoms with Crippen molar-refractivity contribution in [2.24, 2.45) is 5.73 Å². The highest BCUT2D eigenvalue weighted by Gasteiger charge is 2.39. The zero-order chi connectivity index (χ0) is 14.6. The Hall–Kier alpha value is -1.12. The lowest BCUT2D eigenvalue weighted by Crippen LogP contribution is -2.54. The van der Waals surface area contributed by atoms with Crippen molar-refractivity contribution in [3.63, 3.8) is 0 Å². The first-order valence-electron chi connectivity index (χ1n) is 7.73. The Balaban J connectivity index is 1.95. The van der Waals surface area contributed by atoms with E-state index in [0.29, 0.717) is 6.54 Å². The lowest BCUT2D eigenvalue weighted by atomic mass is 9.81. The van der Waals surface area contributed by atoms with Crippen molar-refractivity contribution in [2.45, 2.75) is 56.5 Å². The van der Waals surface area contributed by atoms with Crippen LogP contribution >= 0.6 is 0 Å². The number of nitriles is 1. The minimum atomic E-state index is -0.576. The van der Waals surface area contributed by atoms with Gasteiger partial charge in [-0.15, -0.1) is 0 Å². The third kappa shape index (κ3) is 3.31. The molecule has 1 amide bonds. The van der Waals surface area contributed by atoms with E-state index < -0.39 is 5.54 Å². The Labute approximate surface area is 121 Å². The van der Waals surface area contributed by atoms with Gasteiger partial charge in [0.15, 0.2) is 0 Å². The van der Waals surface area contributed by atoms with Crippen LogP contribution in [0.15, 0.2) is 0 Å². The molecule has 112 valence electrons. The summed E-state index contributed by atoms with van der Waals surface area (Å²) in [6.07, 6.45) is 6.98. The summed E-state index contributed by atoms with van der Waals surface area (Å²) in [5, 5.41) is 9.53. The van der Waals surface area contributed by atoms with Gasteiger partial charge in [-0.05, 0) is 32.2 Å². The summed E-state index contributed by atoms with van der Waals surface area (Å²) in [7, 11) is 1.79. The number of likely N-dealkylation sites (N-methyl/N-ethyl adjacent to an activating group) is 1. The summed E-state index contributed by atoms with van der Waals surface area (Å²) in [5.41, 5.74) is 5.38. The number of carbonyl (C=O) groups excluding carboxylic acids is 1. The summed E-state index contributed by atoms with van der Waals surface area (Å²) < 4.78 is 0. The van der Waals surface area contributed by atoms with Crippen LogP contribution in [0.25, 0.3) is 0 Å². The molecule has 20 heavy (non-hydrogen) atoms. The Bertz CT molecular complexity index is 384. The van der Waals surface area contributed by atoms with Crippen LogP contribution < -0.4 is 5.73 Å². The zero-order valence-electron chi connectivity index (χ0n) is 12.5. The van der Waals surface area contributed by atoms with Gasteiger partial charge >= 0.3 is 0 Å². The molecular formula is C15H26N4O. The monoisotopic (exact) mass is 278 g/mol. The van der Waals surface area contributed by atoms with Gasteiger partial charge in [0.1, 0.15) is 5.54 Å². The number of carbonyl (C=O) groups is 1. The molecule has 0 spiro atoms. The Morgan fingerprint density at radius 3 is 2.70 bits per heavy atom. The summed E-state index contributed by atoms with van der Waals surface area (Å²) in [4.78, 5) is 16.3. The fraction of sp³-hybridized carbons (Fsp3) is 0.867. The third-order valence-electron chi connectivity index (χ3n) is 4.81. The molecule has 1 saturated heterocycles. The standard InChI is InChI=1S/C15H26N4O/c1-18(15(12-16)7-3-2-4-8-15)14(20)11-19-9-5-6-13(17)10-19/h13H,2-11,17H2,1H3/t13-/m1/s1. The normalized spacial score (nSPS) is 26.8. The Morgan fingerprint density at radius 1 is 1.40 bits per heavy atom. The maximum atomic E-state index is 12.5. The largest absolute Gasteiger partial charge is 0.327 e. The molecule has 0 bridgehead atoms. The predicted molar refractivity (Wildman–Crippen MR) is 77.8 cm³/mol. The quantitative estimate of drug-likeness (QED) is 0.839. The van der Waals surface area contributed by atoms with Gasteiger partial charge in [-0.1, -0.05) is 19.3 Å². The highest BCUT2D eigenvalue weighted by molar-refractivity contribution is 5.79. The first kappa shape index (κ1) is 15.3. The second-order valence-corrected chi connectivity index (χ2v) is 6.29. The SMILES string of the molecule is CN(C(=O)CN1CCC[C@@H](N)C1)C1(C#N)CCCCC1.